The van der Waals surface area contributed by atoms with Crippen LogP contribution in [0.1, 0.15) is 27.2 Å². The normalized spacial score (nSPS) is 20.8. The van der Waals surface area contributed by atoms with Crippen molar-refractivity contribution < 1.29 is 40.6 Å². The predicted molar refractivity (Wildman–Crippen MR) is 67.8 cm³/mol. The first kappa shape index (κ1) is 19.9. The highest BCUT2D eigenvalue weighted by atomic mass is 19.4. The van der Waals surface area contributed by atoms with Gasteiger partial charge in [-0.2, -0.15) is 26.3 Å². The zero-order valence-electron chi connectivity index (χ0n) is 13.1. The average molecular weight is 351 g/mol. The fraction of sp³-hybridized carbons (Fsp3) is 0.923. The summed E-state index contributed by atoms with van der Waals surface area (Å²) in [5, 5.41) is 0. The number of nitrogens with zero attached hydrogens (tertiary/aromatic N) is 1. The summed E-state index contributed by atoms with van der Waals surface area (Å²) >= 11 is 0. The number of carbonyl (C=O) groups is 1. The molecule has 4 nitrogen and oxygen atoms in total. The highest BCUT2D eigenvalue weighted by molar-refractivity contribution is 5.68. The molecule has 0 spiro atoms. The number of amides is 1. The molecule has 136 valence electrons. The molecule has 0 unspecified atom stereocenters. The number of hydrogen-bond acceptors (Lipinski definition) is 3. The van der Waals surface area contributed by atoms with Gasteiger partial charge in [-0.25, -0.2) is 4.79 Å². The summed E-state index contributed by atoms with van der Waals surface area (Å²) in [6.45, 7) is 3.62. The molecule has 1 rings (SSSR count). The molecular weight excluding hydrogens is 332 g/mol. The lowest BCUT2D eigenvalue weighted by Crippen LogP contribution is -2.63. The van der Waals surface area contributed by atoms with Crippen LogP contribution in [0.2, 0.25) is 0 Å². The summed E-state index contributed by atoms with van der Waals surface area (Å²) in [6, 6.07) is 0. The first-order chi connectivity index (χ1) is 10.2. The zero-order chi connectivity index (χ0) is 18.3. The minimum atomic E-state index is -5.66. The first-order valence-electron chi connectivity index (χ1n) is 6.82. The summed E-state index contributed by atoms with van der Waals surface area (Å²) in [4.78, 5) is 12.7. The SMILES string of the molecule is COC([C@@H]1CCN(C(=O)OC(C)(C)C)C1)(C(F)(F)F)C(F)(F)F. The lowest BCUT2D eigenvalue weighted by atomic mass is 9.84. The van der Waals surface area contributed by atoms with Crippen LogP contribution in [0.25, 0.3) is 0 Å². The summed E-state index contributed by atoms with van der Waals surface area (Å²) in [5.74, 6) is -1.96. The van der Waals surface area contributed by atoms with Crippen molar-refractivity contribution >= 4 is 6.09 Å². The van der Waals surface area contributed by atoms with Crippen LogP contribution in [0.3, 0.4) is 0 Å². The van der Waals surface area contributed by atoms with Crippen molar-refractivity contribution in [1.82, 2.24) is 4.90 Å². The van der Waals surface area contributed by atoms with E-state index in [2.05, 4.69) is 4.74 Å². The van der Waals surface area contributed by atoms with E-state index in [0.29, 0.717) is 7.11 Å². The second-order valence-electron chi connectivity index (χ2n) is 6.35. The Morgan fingerprint density at radius 2 is 1.52 bits per heavy atom. The van der Waals surface area contributed by atoms with Crippen molar-refractivity contribution in [3.05, 3.63) is 0 Å². The molecule has 1 aliphatic rings. The molecule has 0 radical (unpaired) electrons. The largest absolute Gasteiger partial charge is 0.444 e. The average Bonchev–Trinajstić information content (AvgIpc) is 2.73. The highest BCUT2D eigenvalue weighted by Gasteiger charge is 2.75. The number of ether oxygens (including phenoxy) is 2. The van der Waals surface area contributed by atoms with Gasteiger partial charge in [0.25, 0.3) is 5.60 Å². The van der Waals surface area contributed by atoms with Gasteiger partial charge in [0.2, 0.25) is 0 Å². The molecule has 0 aromatic carbocycles. The van der Waals surface area contributed by atoms with Gasteiger partial charge in [-0.1, -0.05) is 0 Å². The van der Waals surface area contributed by atoms with Crippen LogP contribution in [0, 0.1) is 5.92 Å². The molecule has 1 amide bonds. The molecule has 23 heavy (non-hydrogen) atoms. The van der Waals surface area contributed by atoms with Crippen LogP contribution in [0.15, 0.2) is 0 Å². The number of hydrogen-bond donors (Lipinski definition) is 0. The fourth-order valence-corrected chi connectivity index (χ4v) is 2.61. The van der Waals surface area contributed by atoms with Crippen molar-refractivity contribution in [2.75, 3.05) is 20.2 Å². The van der Waals surface area contributed by atoms with Gasteiger partial charge in [-0.3, -0.25) is 0 Å². The van der Waals surface area contributed by atoms with E-state index in [1.165, 1.54) is 0 Å². The molecule has 0 aliphatic carbocycles. The van der Waals surface area contributed by atoms with Crippen molar-refractivity contribution in [2.24, 2.45) is 5.92 Å². The van der Waals surface area contributed by atoms with Gasteiger partial charge in [-0.05, 0) is 27.2 Å². The lowest BCUT2D eigenvalue weighted by Gasteiger charge is -2.40. The van der Waals surface area contributed by atoms with E-state index in [-0.39, 0.29) is 6.54 Å². The standard InChI is InChI=1S/C13H19F6NO3/c1-10(2,3)23-9(21)20-6-5-8(7-20)11(22-4,12(14,15)16)13(17,18)19/h8H,5-7H2,1-4H3/t8-/m1/s1. The fourth-order valence-electron chi connectivity index (χ4n) is 2.61. The van der Waals surface area contributed by atoms with Crippen molar-refractivity contribution in [3.8, 4) is 0 Å². The van der Waals surface area contributed by atoms with E-state index in [9.17, 15) is 31.1 Å². The van der Waals surface area contributed by atoms with E-state index >= 15 is 0 Å². The second kappa shape index (κ2) is 6.03. The van der Waals surface area contributed by atoms with E-state index in [0.717, 1.165) is 4.90 Å². The monoisotopic (exact) mass is 351 g/mol. The van der Waals surface area contributed by atoms with Gasteiger partial charge >= 0.3 is 18.4 Å². The third-order valence-corrected chi connectivity index (χ3v) is 3.58. The Bertz CT molecular complexity index is 426. The number of rotatable bonds is 2. The second-order valence-corrected chi connectivity index (χ2v) is 6.35. The molecule has 0 saturated carbocycles. The third kappa shape index (κ3) is 3.84. The van der Waals surface area contributed by atoms with Crippen LogP contribution in [0.5, 0.6) is 0 Å². The maximum Gasteiger partial charge on any atom is 0.426 e. The van der Waals surface area contributed by atoms with E-state index in [1.54, 1.807) is 20.8 Å². The quantitative estimate of drug-likeness (QED) is 0.711. The molecule has 0 aromatic rings. The Balaban J connectivity index is 3.04. The molecule has 1 aliphatic heterocycles. The number of likely N-dealkylation sites (tertiary alicyclic amines) is 1. The van der Waals surface area contributed by atoms with Crippen LogP contribution in [-0.4, -0.2) is 54.7 Å². The smallest absolute Gasteiger partial charge is 0.426 e. The summed E-state index contributed by atoms with van der Waals surface area (Å²) in [5.41, 5.74) is -5.21. The van der Waals surface area contributed by atoms with Crippen LogP contribution >= 0.6 is 0 Å². The Morgan fingerprint density at radius 1 is 1.04 bits per heavy atom. The van der Waals surface area contributed by atoms with Gasteiger partial charge in [0, 0.05) is 26.1 Å². The Hall–Kier alpha value is -1.19. The number of methoxy groups -OCH3 is 1. The summed E-state index contributed by atoms with van der Waals surface area (Å²) in [6.07, 6.45) is -12.8. The maximum absolute atomic E-state index is 13.1. The molecule has 0 N–H and O–H groups in total. The number of carbonyl (C=O) groups excluding carboxylic acids is 1. The van der Waals surface area contributed by atoms with Gasteiger partial charge in [0.05, 0.1) is 0 Å². The van der Waals surface area contributed by atoms with Crippen LogP contribution < -0.4 is 0 Å². The van der Waals surface area contributed by atoms with Crippen molar-refractivity contribution in [3.63, 3.8) is 0 Å². The number of halogens is 6. The Kier molecular flexibility index (Phi) is 5.20. The summed E-state index contributed by atoms with van der Waals surface area (Å²) in [7, 11) is 0.372. The molecule has 1 fully saturated rings. The highest BCUT2D eigenvalue weighted by Crippen LogP contribution is 2.52. The minimum absolute atomic E-state index is 0.267. The van der Waals surface area contributed by atoms with Crippen LogP contribution in [0.4, 0.5) is 31.1 Å². The maximum atomic E-state index is 13.1. The Labute approximate surface area is 129 Å². The molecule has 0 aromatic heterocycles. The molecular formula is C13H19F6NO3. The molecule has 1 heterocycles. The molecule has 0 bridgehead atoms. The van der Waals surface area contributed by atoms with Crippen molar-refractivity contribution in [2.45, 2.75) is 50.7 Å². The molecule has 1 atom stereocenters. The third-order valence-electron chi connectivity index (χ3n) is 3.58. The van der Waals surface area contributed by atoms with E-state index in [1.807, 2.05) is 0 Å². The van der Waals surface area contributed by atoms with Crippen molar-refractivity contribution in [1.29, 1.82) is 0 Å². The minimum Gasteiger partial charge on any atom is -0.444 e. The van der Waals surface area contributed by atoms with Gasteiger partial charge in [0.1, 0.15) is 5.60 Å². The predicted octanol–water partition coefficient (Wildman–Crippen LogP) is 3.75. The lowest BCUT2D eigenvalue weighted by molar-refractivity contribution is -0.390. The number of alkyl halides is 6. The Morgan fingerprint density at radius 3 is 1.87 bits per heavy atom. The van der Waals surface area contributed by atoms with Gasteiger partial charge < -0.3 is 14.4 Å². The zero-order valence-corrected chi connectivity index (χ0v) is 13.1. The van der Waals surface area contributed by atoms with Gasteiger partial charge in [0.15, 0.2) is 0 Å². The van der Waals surface area contributed by atoms with Crippen LogP contribution in [-0.2, 0) is 9.47 Å². The van der Waals surface area contributed by atoms with E-state index in [4.69, 9.17) is 4.74 Å². The molecule has 10 heteroatoms. The topological polar surface area (TPSA) is 38.8 Å². The van der Waals surface area contributed by atoms with E-state index < -0.39 is 48.5 Å². The first-order valence-corrected chi connectivity index (χ1v) is 6.82. The van der Waals surface area contributed by atoms with Gasteiger partial charge in [-0.15, -0.1) is 0 Å². The summed E-state index contributed by atoms with van der Waals surface area (Å²) < 4.78 is 87.8. The molecule has 1 saturated heterocycles.